The second kappa shape index (κ2) is 12.7. The molecule has 0 N–H and O–H groups in total. The number of hydrogen-bond donors (Lipinski definition) is 0. The van der Waals surface area contributed by atoms with Gasteiger partial charge < -0.3 is 4.74 Å². The number of nitriles is 1. The largest absolute Gasteiger partial charge is 0.454 e. The quantitative estimate of drug-likeness (QED) is 0.154. The maximum atomic E-state index is 13.4. The van der Waals surface area contributed by atoms with Crippen LogP contribution in [0.1, 0.15) is 71.1 Å². The molecule has 2 atom stereocenters. The number of aryl methyl sites for hydroxylation is 1. The summed E-state index contributed by atoms with van der Waals surface area (Å²) in [5.41, 5.74) is 3.28. The third kappa shape index (κ3) is 6.68. The van der Waals surface area contributed by atoms with Gasteiger partial charge in [0.15, 0.2) is 12.4 Å². The van der Waals surface area contributed by atoms with Gasteiger partial charge >= 0.3 is 5.97 Å². The second-order valence-electron chi connectivity index (χ2n) is 11.9. The Kier molecular flexibility index (Phi) is 9.17. The number of imide groups is 1. The summed E-state index contributed by atoms with van der Waals surface area (Å²) in [4.78, 5) is 57.1. The summed E-state index contributed by atoms with van der Waals surface area (Å²) in [6.07, 6.45) is 2.63. The summed E-state index contributed by atoms with van der Waals surface area (Å²) in [5.74, 6) is -1.51. The van der Waals surface area contributed by atoms with Crippen molar-refractivity contribution in [3.63, 3.8) is 0 Å². The number of rotatable bonds is 7. The van der Waals surface area contributed by atoms with E-state index in [0.29, 0.717) is 27.2 Å². The molecule has 1 aliphatic carbocycles. The van der Waals surface area contributed by atoms with E-state index in [1.54, 1.807) is 0 Å². The summed E-state index contributed by atoms with van der Waals surface area (Å²) in [5, 5.41) is 10.1. The molecule has 0 bridgehead atoms. The fourth-order valence-corrected chi connectivity index (χ4v) is 6.76. The maximum absolute atomic E-state index is 13.4. The Bertz CT molecular complexity index is 1710. The van der Waals surface area contributed by atoms with Crippen molar-refractivity contribution >= 4 is 64.2 Å². The standard InChI is InChI=1S/C33H29Cl2N3O5S/c1-33(2,3)22-7-11-26-20(13-22)12-21(16-36)30(37-26)44-28-15-29(40)38(31(28)41)23-8-4-18(5-9-23)32(42)43-17-27(39)19-6-10-24(34)25(35)14-19/h4-6,8-10,12,14,22,28H,7,11,13,15,17H2,1-3H3. The number of nitrogens with zero attached hydrogens (tertiary/aromatic N) is 3. The number of aromatic nitrogens is 1. The number of Topliss-reactive ketones (excluding diaryl/α,β-unsaturated/α-hetero) is 1. The molecule has 0 saturated carbocycles. The van der Waals surface area contributed by atoms with E-state index in [1.807, 2.05) is 6.07 Å². The highest BCUT2D eigenvalue weighted by molar-refractivity contribution is 8.00. The molecule has 1 saturated heterocycles. The number of fused-ring (bicyclic) bond motifs is 1. The number of halogens is 2. The molecule has 0 spiro atoms. The molecule has 2 aliphatic rings. The summed E-state index contributed by atoms with van der Waals surface area (Å²) < 4.78 is 5.14. The van der Waals surface area contributed by atoms with Crippen LogP contribution in [0.2, 0.25) is 10.0 Å². The monoisotopic (exact) mass is 649 g/mol. The molecule has 2 heterocycles. The third-order valence-corrected chi connectivity index (χ3v) is 9.92. The number of anilines is 1. The first-order valence-electron chi connectivity index (χ1n) is 14.1. The number of ketones is 1. The Morgan fingerprint density at radius 1 is 1.05 bits per heavy atom. The highest BCUT2D eigenvalue weighted by Crippen LogP contribution is 2.40. The van der Waals surface area contributed by atoms with Crippen molar-refractivity contribution in [3.8, 4) is 6.07 Å². The molecular weight excluding hydrogens is 621 g/mol. The molecule has 2 aromatic carbocycles. The lowest BCUT2D eigenvalue weighted by Gasteiger charge is -2.34. The lowest BCUT2D eigenvalue weighted by atomic mass is 9.71. The van der Waals surface area contributed by atoms with Gasteiger partial charge in [-0.1, -0.05) is 55.7 Å². The third-order valence-electron chi connectivity index (χ3n) is 7.99. The van der Waals surface area contributed by atoms with Crippen molar-refractivity contribution in [3.05, 3.63) is 86.5 Å². The SMILES string of the molecule is CC(C)(C)C1CCc2nc(SC3CC(=O)N(c4ccc(C(=O)OCC(=O)c5ccc(Cl)c(Cl)c5)cc4)C3=O)c(C#N)cc2C1. The van der Waals surface area contributed by atoms with E-state index in [2.05, 4.69) is 26.8 Å². The Balaban J connectivity index is 1.24. The van der Waals surface area contributed by atoms with Gasteiger partial charge in [0.25, 0.3) is 0 Å². The smallest absolute Gasteiger partial charge is 0.338 e. The van der Waals surface area contributed by atoms with Gasteiger partial charge in [-0.15, -0.1) is 0 Å². The highest BCUT2D eigenvalue weighted by Gasteiger charge is 2.41. The fourth-order valence-electron chi connectivity index (χ4n) is 5.37. The van der Waals surface area contributed by atoms with Crippen LogP contribution in [-0.2, 0) is 27.2 Å². The Morgan fingerprint density at radius 3 is 2.41 bits per heavy atom. The minimum Gasteiger partial charge on any atom is -0.454 e. The van der Waals surface area contributed by atoms with Crippen molar-refractivity contribution in [1.29, 1.82) is 5.26 Å². The average Bonchev–Trinajstić information content (AvgIpc) is 3.27. The van der Waals surface area contributed by atoms with Crippen LogP contribution in [0.25, 0.3) is 0 Å². The van der Waals surface area contributed by atoms with Crippen molar-refractivity contribution in [2.45, 2.75) is 56.7 Å². The first-order valence-corrected chi connectivity index (χ1v) is 15.7. The lowest BCUT2D eigenvalue weighted by Crippen LogP contribution is -2.31. The molecular formula is C33H29Cl2N3O5S. The zero-order chi connectivity index (χ0) is 31.8. The molecule has 11 heteroatoms. The van der Waals surface area contributed by atoms with Crippen LogP contribution in [0.4, 0.5) is 5.69 Å². The Morgan fingerprint density at radius 2 is 1.75 bits per heavy atom. The van der Waals surface area contributed by atoms with Gasteiger partial charge in [-0.2, -0.15) is 5.26 Å². The van der Waals surface area contributed by atoms with Crippen LogP contribution < -0.4 is 4.90 Å². The number of benzene rings is 2. The van der Waals surface area contributed by atoms with Crippen LogP contribution >= 0.6 is 35.0 Å². The number of pyridine rings is 1. The molecule has 8 nitrogen and oxygen atoms in total. The van der Waals surface area contributed by atoms with Crippen molar-refractivity contribution in [2.75, 3.05) is 11.5 Å². The van der Waals surface area contributed by atoms with Crippen LogP contribution in [0, 0.1) is 22.7 Å². The zero-order valence-corrected chi connectivity index (χ0v) is 26.7. The predicted octanol–water partition coefficient (Wildman–Crippen LogP) is 6.87. The number of ether oxygens (including phenoxy) is 1. The molecule has 2 unspecified atom stereocenters. The van der Waals surface area contributed by atoms with Crippen LogP contribution in [-0.4, -0.2) is 40.4 Å². The average molecular weight is 651 g/mol. The van der Waals surface area contributed by atoms with Gasteiger partial charge in [0.2, 0.25) is 11.8 Å². The molecule has 1 aromatic heterocycles. The molecule has 44 heavy (non-hydrogen) atoms. The predicted molar refractivity (Wildman–Crippen MR) is 168 cm³/mol. The molecule has 1 aliphatic heterocycles. The van der Waals surface area contributed by atoms with Gasteiger partial charge in [-0.05, 0) is 84.7 Å². The highest BCUT2D eigenvalue weighted by atomic mass is 35.5. The topological polar surface area (TPSA) is 117 Å². The number of thioether (sulfide) groups is 1. The van der Waals surface area contributed by atoms with Gasteiger partial charge in [-0.25, -0.2) is 14.7 Å². The molecule has 3 aromatic rings. The molecule has 0 radical (unpaired) electrons. The van der Waals surface area contributed by atoms with Gasteiger partial charge in [0, 0.05) is 17.7 Å². The number of amides is 2. The summed E-state index contributed by atoms with van der Waals surface area (Å²) in [6.45, 7) is 6.17. The number of hydrogen-bond acceptors (Lipinski definition) is 8. The van der Waals surface area contributed by atoms with E-state index < -0.39 is 29.5 Å². The number of carbonyl (C=O) groups is 4. The van der Waals surface area contributed by atoms with E-state index >= 15 is 0 Å². The van der Waals surface area contributed by atoms with E-state index in [4.69, 9.17) is 32.9 Å². The first kappa shape index (κ1) is 31.7. The lowest BCUT2D eigenvalue weighted by molar-refractivity contribution is -0.121. The van der Waals surface area contributed by atoms with E-state index in [1.165, 1.54) is 42.5 Å². The summed E-state index contributed by atoms with van der Waals surface area (Å²) in [6, 6.07) is 14.3. The van der Waals surface area contributed by atoms with Crippen molar-refractivity contribution in [1.82, 2.24) is 4.98 Å². The Hall–Kier alpha value is -3.71. The molecule has 226 valence electrons. The summed E-state index contributed by atoms with van der Waals surface area (Å²) in [7, 11) is 0. The maximum Gasteiger partial charge on any atom is 0.338 e. The van der Waals surface area contributed by atoms with Crippen molar-refractivity contribution in [2.24, 2.45) is 11.3 Å². The molecule has 1 fully saturated rings. The minimum atomic E-state index is -0.742. The van der Waals surface area contributed by atoms with Crippen LogP contribution in [0.5, 0.6) is 0 Å². The second-order valence-corrected chi connectivity index (χ2v) is 13.9. The molecule has 5 rings (SSSR count). The molecule has 2 amide bonds. The van der Waals surface area contributed by atoms with E-state index in [9.17, 15) is 24.4 Å². The number of carbonyl (C=O) groups excluding carboxylic acids is 4. The van der Waals surface area contributed by atoms with E-state index in [-0.39, 0.29) is 33.9 Å². The first-order chi connectivity index (χ1) is 20.8. The van der Waals surface area contributed by atoms with Crippen LogP contribution in [0.15, 0.2) is 53.6 Å². The summed E-state index contributed by atoms with van der Waals surface area (Å²) >= 11 is 13.0. The van der Waals surface area contributed by atoms with Gasteiger partial charge in [0.05, 0.1) is 32.1 Å². The van der Waals surface area contributed by atoms with Crippen LogP contribution in [0.3, 0.4) is 0 Å². The van der Waals surface area contributed by atoms with E-state index in [0.717, 1.165) is 47.2 Å². The van der Waals surface area contributed by atoms with Gasteiger partial charge in [-0.3, -0.25) is 14.4 Å². The van der Waals surface area contributed by atoms with Crippen molar-refractivity contribution < 1.29 is 23.9 Å². The normalized spacial score (nSPS) is 18.1. The van der Waals surface area contributed by atoms with Gasteiger partial charge in [0.1, 0.15) is 11.1 Å². The number of esters is 1. The fraction of sp³-hybridized carbons (Fsp3) is 0.333. The minimum absolute atomic E-state index is 0.0418. The zero-order valence-electron chi connectivity index (χ0n) is 24.4. The Labute approximate surface area is 269 Å².